The summed E-state index contributed by atoms with van der Waals surface area (Å²) in [6.45, 7) is 1.40. The van der Waals surface area contributed by atoms with Crippen molar-refractivity contribution in [3.63, 3.8) is 0 Å². The van der Waals surface area contributed by atoms with Gasteiger partial charge >= 0.3 is 0 Å². The van der Waals surface area contributed by atoms with Crippen LogP contribution in [0.1, 0.15) is 12.8 Å². The van der Waals surface area contributed by atoms with E-state index in [0.717, 1.165) is 25.1 Å². The molecule has 0 spiro atoms. The number of carbonyl (C=O) groups excluding carboxylic acids is 1. The van der Waals surface area contributed by atoms with Gasteiger partial charge in [-0.25, -0.2) is 5.10 Å². The fourth-order valence-electron chi connectivity index (χ4n) is 1.98. The number of nitrogens with one attached hydrogen (secondary N) is 1. The van der Waals surface area contributed by atoms with E-state index >= 15 is 0 Å². The molecule has 1 aromatic rings. The lowest BCUT2D eigenvalue weighted by atomic mass is 9.97. The number of rotatable bonds is 2. The van der Waals surface area contributed by atoms with Crippen LogP contribution in [0.15, 0.2) is 17.1 Å². The molecular weight excluding hydrogens is 208 g/mol. The molecule has 1 saturated heterocycles. The van der Waals surface area contributed by atoms with Gasteiger partial charge in [0.1, 0.15) is 0 Å². The van der Waals surface area contributed by atoms with Crippen LogP contribution >= 0.6 is 0 Å². The van der Waals surface area contributed by atoms with E-state index in [-0.39, 0.29) is 17.4 Å². The Bertz CT molecular complexity index is 442. The number of hydrogen-bond acceptors (Lipinski definition) is 4. The van der Waals surface area contributed by atoms with E-state index in [4.69, 9.17) is 5.73 Å². The molecule has 0 aliphatic carbocycles. The molecule has 86 valence electrons. The number of aromatic nitrogens is 2. The Hall–Kier alpha value is -1.85. The van der Waals surface area contributed by atoms with Gasteiger partial charge in [-0.1, -0.05) is 0 Å². The highest BCUT2D eigenvalue weighted by atomic mass is 16.1. The van der Waals surface area contributed by atoms with Crippen molar-refractivity contribution in [2.24, 2.45) is 11.7 Å². The zero-order chi connectivity index (χ0) is 11.5. The lowest BCUT2D eigenvalue weighted by molar-refractivity contribution is -0.122. The van der Waals surface area contributed by atoms with E-state index in [1.807, 2.05) is 4.90 Å². The van der Waals surface area contributed by atoms with E-state index in [9.17, 15) is 9.59 Å². The summed E-state index contributed by atoms with van der Waals surface area (Å²) in [5.74, 6) is -0.407. The maximum atomic E-state index is 11.1. The van der Waals surface area contributed by atoms with E-state index < -0.39 is 0 Å². The highest BCUT2D eigenvalue weighted by Crippen LogP contribution is 2.20. The van der Waals surface area contributed by atoms with E-state index in [1.165, 1.54) is 6.07 Å². The second-order valence-electron chi connectivity index (χ2n) is 3.99. The molecule has 1 atom stereocenters. The topological polar surface area (TPSA) is 92.1 Å². The van der Waals surface area contributed by atoms with Gasteiger partial charge in [0.25, 0.3) is 5.56 Å². The van der Waals surface area contributed by atoms with Crippen molar-refractivity contribution in [2.75, 3.05) is 18.0 Å². The fraction of sp³-hybridized carbons (Fsp3) is 0.500. The van der Waals surface area contributed by atoms with E-state index in [2.05, 4.69) is 10.2 Å². The lowest BCUT2D eigenvalue weighted by Crippen LogP contribution is -2.41. The Kier molecular flexibility index (Phi) is 2.89. The molecule has 6 heteroatoms. The molecule has 1 unspecified atom stereocenters. The van der Waals surface area contributed by atoms with Crippen molar-refractivity contribution < 1.29 is 4.79 Å². The summed E-state index contributed by atoms with van der Waals surface area (Å²) in [6, 6.07) is 1.48. The molecule has 0 saturated carbocycles. The van der Waals surface area contributed by atoms with Crippen LogP contribution in [0.5, 0.6) is 0 Å². The van der Waals surface area contributed by atoms with Crippen LogP contribution < -0.4 is 16.2 Å². The number of hydrogen-bond donors (Lipinski definition) is 2. The van der Waals surface area contributed by atoms with Gasteiger partial charge < -0.3 is 10.6 Å². The highest BCUT2D eigenvalue weighted by Gasteiger charge is 2.24. The first-order chi connectivity index (χ1) is 7.66. The average Bonchev–Trinajstić information content (AvgIpc) is 2.29. The predicted octanol–water partition coefficient (Wildman–Crippen LogP) is -0.528. The van der Waals surface area contributed by atoms with Crippen molar-refractivity contribution in [1.29, 1.82) is 0 Å². The van der Waals surface area contributed by atoms with Crippen LogP contribution in [0, 0.1) is 5.92 Å². The average molecular weight is 222 g/mol. The van der Waals surface area contributed by atoms with Gasteiger partial charge in [-0.3, -0.25) is 9.59 Å². The third-order valence-electron chi connectivity index (χ3n) is 2.84. The Labute approximate surface area is 92.4 Å². The molecule has 6 nitrogen and oxygen atoms in total. The third kappa shape index (κ3) is 2.21. The predicted molar refractivity (Wildman–Crippen MR) is 59.0 cm³/mol. The first-order valence-corrected chi connectivity index (χ1v) is 5.26. The number of carbonyl (C=O) groups is 1. The van der Waals surface area contributed by atoms with Crippen LogP contribution in [0.2, 0.25) is 0 Å². The third-order valence-corrected chi connectivity index (χ3v) is 2.84. The Morgan fingerprint density at radius 1 is 1.62 bits per heavy atom. The fourth-order valence-corrected chi connectivity index (χ4v) is 1.98. The van der Waals surface area contributed by atoms with E-state index in [1.54, 1.807) is 6.20 Å². The first-order valence-electron chi connectivity index (χ1n) is 5.26. The summed E-state index contributed by atoms with van der Waals surface area (Å²) < 4.78 is 0. The minimum absolute atomic E-state index is 0.131. The number of amides is 1. The normalized spacial score (nSPS) is 20.8. The number of H-pyrrole nitrogens is 1. The van der Waals surface area contributed by atoms with Gasteiger partial charge in [0, 0.05) is 19.2 Å². The summed E-state index contributed by atoms with van der Waals surface area (Å²) >= 11 is 0. The molecule has 0 radical (unpaired) electrons. The standard InChI is InChI=1S/C10H14N4O2/c11-10(16)7-2-1-3-14(6-7)8-4-9(15)13-12-5-8/h4-5,7H,1-3,6H2,(H2,11,16)(H,13,15). The summed E-state index contributed by atoms with van der Waals surface area (Å²) in [4.78, 5) is 24.2. The number of aromatic amines is 1. The smallest absolute Gasteiger partial charge is 0.266 e. The first kappa shape index (κ1) is 10.7. The van der Waals surface area contributed by atoms with Crippen LogP contribution in [0.25, 0.3) is 0 Å². The maximum absolute atomic E-state index is 11.1. The second kappa shape index (κ2) is 4.34. The maximum Gasteiger partial charge on any atom is 0.266 e. The van der Waals surface area contributed by atoms with Gasteiger partial charge in [0.2, 0.25) is 5.91 Å². The van der Waals surface area contributed by atoms with Gasteiger partial charge in [0.05, 0.1) is 17.8 Å². The molecule has 2 rings (SSSR count). The lowest BCUT2D eigenvalue weighted by Gasteiger charge is -2.32. The SMILES string of the molecule is NC(=O)C1CCCN(c2cn[nH]c(=O)c2)C1. The molecular formula is C10H14N4O2. The van der Waals surface area contributed by atoms with Crippen molar-refractivity contribution in [2.45, 2.75) is 12.8 Å². The van der Waals surface area contributed by atoms with Gasteiger partial charge in [-0.05, 0) is 12.8 Å². The van der Waals surface area contributed by atoms with Crippen LogP contribution in [-0.2, 0) is 4.79 Å². The molecule has 2 heterocycles. The summed E-state index contributed by atoms with van der Waals surface area (Å²) in [5, 5.41) is 6.05. The monoisotopic (exact) mass is 222 g/mol. The number of anilines is 1. The Morgan fingerprint density at radius 3 is 3.12 bits per heavy atom. The Balaban J connectivity index is 2.15. The summed E-state index contributed by atoms with van der Waals surface area (Å²) in [6.07, 6.45) is 3.31. The minimum atomic E-state index is -0.275. The molecule has 1 aliphatic heterocycles. The number of nitrogens with zero attached hydrogens (tertiary/aromatic N) is 2. The molecule has 1 fully saturated rings. The van der Waals surface area contributed by atoms with Gasteiger partial charge in [-0.15, -0.1) is 0 Å². The van der Waals surface area contributed by atoms with E-state index in [0.29, 0.717) is 6.54 Å². The zero-order valence-corrected chi connectivity index (χ0v) is 8.85. The minimum Gasteiger partial charge on any atom is -0.369 e. The number of nitrogens with two attached hydrogens (primary N) is 1. The molecule has 0 bridgehead atoms. The second-order valence-corrected chi connectivity index (χ2v) is 3.99. The van der Waals surface area contributed by atoms with Gasteiger partial charge in [0.15, 0.2) is 0 Å². The van der Waals surface area contributed by atoms with Crippen LogP contribution in [-0.4, -0.2) is 29.2 Å². The molecule has 16 heavy (non-hydrogen) atoms. The molecule has 0 aromatic carbocycles. The van der Waals surface area contributed by atoms with Crippen molar-refractivity contribution in [1.82, 2.24) is 10.2 Å². The zero-order valence-electron chi connectivity index (χ0n) is 8.85. The number of piperidine rings is 1. The quantitative estimate of drug-likeness (QED) is 0.703. The molecule has 1 aromatic heterocycles. The largest absolute Gasteiger partial charge is 0.369 e. The van der Waals surface area contributed by atoms with Crippen molar-refractivity contribution in [3.8, 4) is 0 Å². The number of primary amides is 1. The van der Waals surface area contributed by atoms with Gasteiger partial charge in [-0.2, -0.15) is 5.10 Å². The summed E-state index contributed by atoms with van der Waals surface area (Å²) in [5.41, 5.74) is 5.80. The summed E-state index contributed by atoms with van der Waals surface area (Å²) in [7, 11) is 0. The molecule has 1 amide bonds. The van der Waals surface area contributed by atoms with Crippen LogP contribution in [0.3, 0.4) is 0 Å². The van der Waals surface area contributed by atoms with Crippen LogP contribution in [0.4, 0.5) is 5.69 Å². The molecule has 1 aliphatic rings. The molecule has 3 N–H and O–H groups in total. The Morgan fingerprint density at radius 2 is 2.44 bits per heavy atom. The van der Waals surface area contributed by atoms with Crippen molar-refractivity contribution >= 4 is 11.6 Å². The highest BCUT2D eigenvalue weighted by molar-refractivity contribution is 5.77. The van der Waals surface area contributed by atoms with Crippen molar-refractivity contribution in [3.05, 3.63) is 22.6 Å².